The molecule has 1 aromatic carbocycles. The van der Waals surface area contributed by atoms with E-state index in [0.717, 1.165) is 19.2 Å². The van der Waals surface area contributed by atoms with Crippen molar-refractivity contribution < 1.29 is 18.3 Å². The van der Waals surface area contributed by atoms with Crippen LogP contribution in [0.2, 0.25) is 5.02 Å². The van der Waals surface area contributed by atoms with E-state index in [-0.39, 0.29) is 5.02 Å². The topological polar surface area (TPSA) is 26.3 Å². The lowest BCUT2D eigenvalue weighted by molar-refractivity contribution is -0.170. The minimum Gasteiger partial charge on any atom is -0.464 e. The fourth-order valence-corrected chi connectivity index (χ4v) is 1.98. The number of carbonyl (C=O) groups excluding carboxylic acids is 1. The summed E-state index contributed by atoms with van der Waals surface area (Å²) in [5.41, 5.74) is -0.470. The third-order valence-corrected chi connectivity index (χ3v) is 3.18. The van der Waals surface area contributed by atoms with E-state index in [1.54, 1.807) is 6.26 Å². The average Bonchev–Trinajstić information content (AvgIpc) is 2.27. The van der Waals surface area contributed by atoms with Gasteiger partial charge in [0.15, 0.2) is 0 Å². The zero-order valence-corrected chi connectivity index (χ0v) is 10.2. The Balaban J connectivity index is 3.14. The second kappa shape index (κ2) is 5.01. The number of alkyl halides is 2. The van der Waals surface area contributed by atoms with Gasteiger partial charge >= 0.3 is 11.9 Å². The van der Waals surface area contributed by atoms with Gasteiger partial charge in [-0.25, -0.2) is 4.79 Å². The molecule has 0 unspecified atom stereocenters. The Kier molecular flexibility index (Phi) is 4.15. The second-order valence-electron chi connectivity index (χ2n) is 2.92. The Morgan fingerprint density at radius 2 is 2.12 bits per heavy atom. The number of methoxy groups -OCH3 is 1. The molecule has 0 saturated carbocycles. The summed E-state index contributed by atoms with van der Waals surface area (Å²) in [6.45, 7) is 0. The van der Waals surface area contributed by atoms with E-state index in [1.807, 2.05) is 0 Å². The van der Waals surface area contributed by atoms with Crippen molar-refractivity contribution >= 4 is 29.3 Å². The zero-order chi connectivity index (χ0) is 12.3. The average molecular weight is 267 g/mol. The van der Waals surface area contributed by atoms with Gasteiger partial charge in [0.1, 0.15) is 0 Å². The molecule has 0 heterocycles. The molecule has 1 aromatic rings. The Hall–Kier alpha value is -0.810. The van der Waals surface area contributed by atoms with E-state index in [4.69, 9.17) is 11.6 Å². The van der Waals surface area contributed by atoms with E-state index in [9.17, 15) is 13.6 Å². The SMILES string of the molecule is COC(=O)C(F)(F)c1ccc(SC)c(Cl)c1. The fourth-order valence-electron chi connectivity index (χ4n) is 1.11. The van der Waals surface area contributed by atoms with Gasteiger partial charge in [-0.05, 0) is 18.4 Å². The van der Waals surface area contributed by atoms with Crippen LogP contribution in [0.25, 0.3) is 0 Å². The Morgan fingerprint density at radius 1 is 1.50 bits per heavy atom. The van der Waals surface area contributed by atoms with Crippen molar-refractivity contribution in [3.63, 3.8) is 0 Å². The third-order valence-electron chi connectivity index (χ3n) is 1.96. The molecule has 6 heteroatoms. The molecule has 0 aliphatic heterocycles. The molecular formula is C10H9ClF2O2S. The van der Waals surface area contributed by atoms with Crippen molar-refractivity contribution in [2.75, 3.05) is 13.4 Å². The lowest BCUT2D eigenvalue weighted by atomic mass is 10.1. The van der Waals surface area contributed by atoms with Gasteiger partial charge < -0.3 is 4.74 Å². The molecule has 0 fully saturated rings. The largest absolute Gasteiger partial charge is 0.464 e. The van der Waals surface area contributed by atoms with E-state index in [1.165, 1.54) is 17.8 Å². The molecule has 0 saturated heterocycles. The first kappa shape index (κ1) is 13.3. The summed E-state index contributed by atoms with van der Waals surface area (Å²) >= 11 is 7.11. The van der Waals surface area contributed by atoms with Crippen molar-refractivity contribution in [1.29, 1.82) is 0 Å². The summed E-state index contributed by atoms with van der Waals surface area (Å²) in [5.74, 6) is -5.27. The number of esters is 1. The van der Waals surface area contributed by atoms with Crippen LogP contribution >= 0.6 is 23.4 Å². The number of halogens is 3. The van der Waals surface area contributed by atoms with Gasteiger partial charge in [-0.1, -0.05) is 17.7 Å². The summed E-state index contributed by atoms with van der Waals surface area (Å²) in [5, 5.41) is 0.188. The first-order valence-corrected chi connectivity index (χ1v) is 5.84. The molecule has 2 nitrogen and oxygen atoms in total. The Bertz CT molecular complexity index is 410. The predicted octanol–water partition coefficient (Wildman–Crippen LogP) is 3.33. The van der Waals surface area contributed by atoms with E-state index < -0.39 is 17.5 Å². The monoisotopic (exact) mass is 266 g/mol. The van der Waals surface area contributed by atoms with Crippen LogP contribution in [0, 0.1) is 0 Å². The molecule has 0 N–H and O–H groups in total. The van der Waals surface area contributed by atoms with Crippen molar-refractivity contribution in [3.05, 3.63) is 28.8 Å². The quantitative estimate of drug-likeness (QED) is 0.620. The molecule has 0 aromatic heterocycles. The lowest BCUT2D eigenvalue weighted by Gasteiger charge is -2.14. The number of hydrogen-bond acceptors (Lipinski definition) is 3. The fraction of sp³-hybridized carbons (Fsp3) is 0.300. The van der Waals surface area contributed by atoms with E-state index in [2.05, 4.69) is 4.74 Å². The minimum absolute atomic E-state index is 0.188. The van der Waals surface area contributed by atoms with Crippen LogP contribution in [-0.2, 0) is 15.5 Å². The van der Waals surface area contributed by atoms with Gasteiger partial charge in [-0.3, -0.25) is 0 Å². The molecule has 1 rings (SSSR count). The van der Waals surface area contributed by atoms with Crippen molar-refractivity contribution in [2.45, 2.75) is 10.8 Å². The molecular weight excluding hydrogens is 258 g/mol. The zero-order valence-electron chi connectivity index (χ0n) is 8.59. The number of carbonyl (C=O) groups is 1. The predicted molar refractivity (Wildman–Crippen MR) is 59.1 cm³/mol. The summed E-state index contributed by atoms with van der Waals surface area (Å²) in [4.78, 5) is 11.6. The molecule has 0 aliphatic carbocycles. The van der Waals surface area contributed by atoms with Crippen LogP contribution in [0.4, 0.5) is 8.78 Å². The number of benzene rings is 1. The van der Waals surface area contributed by atoms with Gasteiger partial charge in [-0.15, -0.1) is 11.8 Å². The van der Waals surface area contributed by atoms with Gasteiger partial charge in [0, 0.05) is 10.5 Å². The van der Waals surface area contributed by atoms with Crippen LogP contribution < -0.4 is 0 Å². The summed E-state index contributed by atoms with van der Waals surface area (Å²) < 4.78 is 30.9. The lowest BCUT2D eigenvalue weighted by Crippen LogP contribution is -2.27. The smallest absolute Gasteiger partial charge is 0.381 e. The van der Waals surface area contributed by atoms with Crippen LogP contribution in [0.1, 0.15) is 5.56 Å². The normalized spacial score (nSPS) is 11.3. The highest BCUT2D eigenvalue weighted by atomic mass is 35.5. The van der Waals surface area contributed by atoms with Gasteiger partial charge in [0.05, 0.1) is 12.1 Å². The van der Waals surface area contributed by atoms with E-state index in [0.29, 0.717) is 4.90 Å². The summed E-state index contributed by atoms with van der Waals surface area (Å²) in [6, 6.07) is 3.68. The summed E-state index contributed by atoms with van der Waals surface area (Å²) in [7, 11) is 0.911. The molecule has 16 heavy (non-hydrogen) atoms. The maximum absolute atomic E-state index is 13.4. The van der Waals surface area contributed by atoms with Crippen molar-refractivity contribution in [3.8, 4) is 0 Å². The number of rotatable bonds is 3. The first-order valence-electron chi connectivity index (χ1n) is 4.23. The second-order valence-corrected chi connectivity index (χ2v) is 4.17. The molecule has 0 amide bonds. The first-order chi connectivity index (χ1) is 7.43. The summed E-state index contributed by atoms with van der Waals surface area (Å²) in [6.07, 6.45) is 1.78. The highest BCUT2D eigenvalue weighted by molar-refractivity contribution is 7.98. The highest BCUT2D eigenvalue weighted by Gasteiger charge is 2.42. The van der Waals surface area contributed by atoms with Gasteiger partial charge in [0.25, 0.3) is 0 Å². The molecule has 0 radical (unpaired) electrons. The van der Waals surface area contributed by atoms with Crippen LogP contribution in [-0.4, -0.2) is 19.3 Å². The molecule has 0 aliphatic rings. The number of ether oxygens (including phenoxy) is 1. The number of thioether (sulfide) groups is 1. The third kappa shape index (κ3) is 2.47. The maximum atomic E-state index is 13.4. The van der Waals surface area contributed by atoms with Crippen molar-refractivity contribution in [1.82, 2.24) is 0 Å². The molecule has 0 spiro atoms. The van der Waals surface area contributed by atoms with E-state index >= 15 is 0 Å². The highest BCUT2D eigenvalue weighted by Crippen LogP contribution is 2.34. The van der Waals surface area contributed by atoms with Crippen LogP contribution in [0.5, 0.6) is 0 Å². The molecule has 88 valence electrons. The van der Waals surface area contributed by atoms with Crippen LogP contribution in [0.15, 0.2) is 23.1 Å². The van der Waals surface area contributed by atoms with Crippen molar-refractivity contribution in [2.24, 2.45) is 0 Å². The standard InChI is InChI=1S/C10H9ClF2O2S/c1-15-9(14)10(12,13)6-3-4-8(16-2)7(11)5-6/h3-5H,1-2H3. The van der Waals surface area contributed by atoms with Crippen LogP contribution in [0.3, 0.4) is 0 Å². The van der Waals surface area contributed by atoms with Gasteiger partial charge in [-0.2, -0.15) is 8.78 Å². The minimum atomic E-state index is -3.67. The Labute approximate surface area is 101 Å². The van der Waals surface area contributed by atoms with Gasteiger partial charge in [0.2, 0.25) is 0 Å². The Morgan fingerprint density at radius 3 is 2.56 bits per heavy atom. The number of hydrogen-bond donors (Lipinski definition) is 0. The molecule has 0 atom stereocenters. The maximum Gasteiger partial charge on any atom is 0.381 e. The molecule has 0 bridgehead atoms.